The Kier molecular flexibility index (Phi) is 5.51. The number of thiophene rings is 1. The molecule has 3 rings (SSSR count). The van der Waals surface area contributed by atoms with Gasteiger partial charge in [0.2, 0.25) is 0 Å². The summed E-state index contributed by atoms with van der Waals surface area (Å²) in [6.07, 6.45) is 0.326. The van der Waals surface area contributed by atoms with Gasteiger partial charge in [0, 0.05) is 35.3 Å². The first-order chi connectivity index (χ1) is 13.3. The third-order valence-electron chi connectivity index (χ3n) is 4.73. The van der Waals surface area contributed by atoms with Crippen LogP contribution in [-0.2, 0) is 30.2 Å². The first-order valence-electron chi connectivity index (χ1n) is 9.78. The van der Waals surface area contributed by atoms with Crippen LogP contribution in [0.1, 0.15) is 68.0 Å². The highest BCUT2D eigenvalue weighted by Crippen LogP contribution is 2.30. The fourth-order valence-corrected chi connectivity index (χ4v) is 4.23. The van der Waals surface area contributed by atoms with Gasteiger partial charge in [0.1, 0.15) is 11.4 Å². The van der Waals surface area contributed by atoms with E-state index in [0.29, 0.717) is 30.9 Å². The monoisotopic (exact) mass is 418 g/mol. The number of fused-ring (bicyclic) bond motifs is 1. The van der Waals surface area contributed by atoms with Crippen molar-refractivity contribution >= 4 is 29.2 Å². The van der Waals surface area contributed by atoms with Gasteiger partial charge in [-0.2, -0.15) is 5.10 Å². The summed E-state index contributed by atoms with van der Waals surface area (Å²) in [6.45, 7) is 12.9. The first-order valence-corrected chi connectivity index (χ1v) is 10.7. The van der Waals surface area contributed by atoms with Gasteiger partial charge in [0.05, 0.1) is 17.8 Å². The fourth-order valence-electron chi connectivity index (χ4n) is 3.14. The van der Waals surface area contributed by atoms with Crippen LogP contribution in [0.2, 0.25) is 0 Å². The lowest BCUT2D eigenvalue weighted by Crippen LogP contribution is -2.39. The average Bonchev–Trinajstić information content (AvgIpc) is 3.16. The van der Waals surface area contributed by atoms with Crippen LogP contribution in [0.4, 0.5) is 10.6 Å². The Morgan fingerprint density at radius 2 is 1.90 bits per heavy atom. The summed E-state index contributed by atoms with van der Waals surface area (Å²) in [5.41, 5.74) is 2.01. The molecule has 2 amide bonds. The summed E-state index contributed by atoms with van der Waals surface area (Å²) in [7, 11) is 1.83. The summed E-state index contributed by atoms with van der Waals surface area (Å²) >= 11 is 1.51. The summed E-state index contributed by atoms with van der Waals surface area (Å²) in [5.74, 6) is 0.530. The van der Waals surface area contributed by atoms with Crippen molar-refractivity contribution in [3.63, 3.8) is 0 Å². The normalized spacial score (nSPS) is 14.5. The minimum Gasteiger partial charge on any atom is -0.444 e. The molecule has 29 heavy (non-hydrogen) atoms. The molecule has 0 atom stereocenters. The topological polar surface area (TPSA) is 76.5 Å². The van der Waals surface area contributed by atoms with E-state index in [1.807, 2.05) is 39.3 Å². The lowest BCUT2D eigenvalue weighted by atomic mass is 9.92. The molecule has 0 saturated heterocycles. The largest absolute Gasteiger partial charge is 0.444 e. The lowest BCUT2D eigenvalue weighted by molar-refractivity contribution is 0.0226. The van der Waals surface area contributed by atoms with Crippen LogP contribution in [-0.4, -0.2) is 38.8 Å². The molecule has 0 fully saturated rings. The number of nitrogens with one attached hydrogen (secondary N) is 1. The van der Waals surface area contributed by atoms with Crippen molar-refractivity contribution in [2.45, 2.75) is 65.5 Å². The molecule has 0 unspecified atom stereocenters. The number of hydrogen-bond donors (Lipinski definition) is 1. The van der Waals surface area contributed by atoms with Crippen LogP contribution in [0.25, 0.3) is 0 Å². The van der Waals surface area contributed by atoms with Crippen LogP contribution < -0.4 is 5.32 Å². The van der Waals surface area contributed by atoms with Crippen molar-refractivity contribution in [2.24, 2.45) is 7.05 Å². The molecular weight excluding hydrogens is 388 g/mol. The molecule has 0 bridgehead atoms. The number of nitrogens with zero attached hydrogens (tertiary/aromatic N) is 3. The molecule has 2 aromatic rings. The van der Waals surface area contributed by atoms with Crippen LogP contribution in [0, 0.1) is 0 Å². The number of aromatic nitrogens is 2. The van der Waals surface area contributed by atoms with Gasteiger partial charge in [-0.1, -0.05) is 20.8 Å². The van der Waals surface area contributed by atoms with Gasteiger partial charge in [-0.25, -0.2) is 4.79 Å². The zero-order chi connectivity index (χ0) is 21.6. The molecule has 1 aliphatic heterocycles. The van der Waals surface area contributed by atoms with E-state index in [2.05, 4.69) is 31.2 Å². The zero-order valence-corrected chi connectivity index (χ0v) is 19.1. The van der Waals surface area contributed by atoms with Crippen molar-refractivity contribution in [3.8, 4) is 0 Å². The Morgan fingerprint density at radius 1 is 1.21 bits per heavy atom. The van der Waals surface area contributed by atoms with Crippen molar-refractivity contribution < 1.29 is 14.3 Å². The molecule has 0 spiro atoms. The quantitative estimate of drug-likeness (QED) is 0.788. The predicted molar refractivity (Wildman–Crippen MR) is 115 cm³/mol. The van der Waals surface area contributed by atoms with Gasteiger partial charge in [0.15, 0.2) is 0 Å². The molecule has 158 valence electrons. The number of anilines is 1. The number of carbonyl (C=O) groups is 2. The standard InChI is InChI=1S/C21H30N4O3S/c1-20(2,3)16-10-17(24(7)23-16)22-18(26)14-12-29-15-11-25(9-8-13(14)15)19(27)28-21(4,5)6/h10,12H,8-9,11H2,1-7H3,(H,22,26). The van der Waals surface area contributed by atoms with Crippen molar-refractivity contribution in [2.75, 3.05) is 11.9 Å². The number of amides is 2. The van der Waals surface area contributed by atoms with E-state index < -0.39 is 5.60 Å². The van der Waals surface area contributed by atoms with Gasteiger partial charge in [-0.05, 0) is 32.8 Å². The number of aryl methyl sites for hydroxylation is 1. The summed E-state index contributed by atoms with van der Waals surface area (Å²) in [5, 5.41) is 9.37. The summed E-state index contributed by atoms with van der Waals surface area (Å²) in [6, 6.07) is 1.92. The number of ether oxygens (including phenoxy) is 1. The molecule has 1 aliphatic rings. The van der Waals surface area contributed by atoms with Gasteiger partial charge in [0.25, 0.3) is 5.91 Å². The third-order valence-corrected chi connectivity index (χ3v) is 5.75. The average molecular weight is 419 g/mol. The summed E-state index contributed by atoms with van der Waals surface area (Å²) < 4.78 is 7.17. The van der Waals surface area contributed by atoms with E-state index in [0.717, 1.165) is 16.1 Å². The molecule has 0 aliphatic carbocycles. The summed E-state index contributed by atoms with van der Waals surface area (Å²) in [4.78, 5) is 28.0. The van der Waals surface area contributed by atoms with Crippen molar-refractivity contribution in [3.05, 3.63) is 33.1 Å². The minimum atomic E-state index is -0.521. The predicted octanol–water partition coefficient (Wildman–Crippen LogP) is 4.32. The highest BCUT2D eigenvalue weighted by atomic mass is 32.1. The zero-order valence-electron chi connectivity index (χ0n) is 18.3. The minimum absolute atomic E-state index is 0.0899. The molecule has 0 radical (unpaired) electrons. The molecule has 1 N–H and O–H groups in total. The molecule has 7 nitrogen and oxygen atoms in total. The lowest BCUT2D eigenvalue weighted by Gasteiger charge is -2.30. The maximum Gasteiger partial charge on any atom is 0.410 e. The van der Waals surface area contributed by atoms with E-state index in [1.54, 1.807) is 9.58 Å². The van der Waals surface area contributed by atoms with Gasteiger partial charge < -0.3 is 15.0 Å². The number of hydrogen-bond acceptors (Lipinski definition) is 5. The van der Waals surface area contributed by atoms with E-state index >= 15 is 0 Å². The van der Waals surface area contributed by atoms with Crippen molar-refractivity contribution in [1.29, 1.82) is 0 Å². The highest BCUT2D eigenvalue weighted by molar-refractivity contribution is 7.10. The second kappa shape index (κ2) is 7.48. The Bertz CT molecular complexity index is 931. The molecule has 0 saturated carbocycles. The fraction of sp³-hybridized carbons (Fsp3) is 0.571. The molecular formula is C21H30N4O3S. The SMILES string of the molecule is Cn1nc(C(C)(C)C)cc1NC(=O)c1csc2c1CCN(C(=O)OC(C)(C)C)C2. The molecule has 8 heteroatoms. The smallest absolute Gasteiger partial charge is 0.410 e. The Morgan fingerprint density at radius 3 is 2.48 bits per heavy atom. The van der Waals surface area contributed by atoms with E-state index in [1.165, 1.54) is 11.3 Å². The van der Waals surface area contributed by atoms with Crippen molar-refractivity contribution in [1.82, 2.24) is 14.7 Å². The molecule has 0 aromatic carbocycles. The van der Waals surface area contributed by atoms with Crippen LogP contribution in [0.5, 0.6) is 0 Å². The van der Waals surface area contributed by atoms with E-state index in [4.69, 9.17) is 4.74 Å². The second-order valence-electron chi connectivity index (χ2n) is 9.45. The Labute approximate surface area is 176 Å². The third kappa shape index (κ3) is 4.80. The Balaban J connectivity index is 1.73. The van der Waals surface area contributed by atoms with Gasteiger partial charge >= 0.3 is 6.09 Å². The maximum absolute atomic E-state index is 12.9. The maximum atomic E-state index is 12.9. The van der Waals surface area contributed by atoms with Gasteiger partial charge in [-0.3, -0.25) is 9.48 Å². The van der Waals surface area contributed by atoms with E-state index in [9.17, 15) is 9.59 Å². The highest BCUT2D eigenvalue weighted by Gasteiger charge is 2.29. The number of rotatable bonds is 2. The molecule has 2 aromatic heterocycles. The van der Waals surface area contributed by atoms with Crippen LogP contribution in [0.3, 0.4) is 0 Å². The number of carbonyl (C=O) groups excluding carboxylic acids is 2. The second-order valence-corrected chi connectivity index (χ2v) is 10.4. The van der Waals surface area contributed by atoms with E-state index in [-0.39, 0.29) is 17.4 Å². The molecule has 3 heterocycles. The van der Waals surface area contributed by atoms with Gasteiger partial charge in [-0.15, -0.1) is 11.3 Å². The first kappa shape index (κ1) is 21.4. The van der Waals surface area contributed by atoms with Crippen LogP contribution >= 0.6 is 11.3 Å². The Hall–Kier alpha value is -2.35. The van der Waals surface area contributed by atoms with Crippen LogP contribution in [0.15, 0.2) is 11.4 Å².